The monoisotopic (exact) mass is 291 g/mol. The third-order valence-corrected chi connectivity index (χ3v) is 3.38. The molecule has 20 heavy (non-hydrogen) atoms. The van der Waals surface area contributed by atoms with Crippen LogP contribution in [0.3, 0.4) is 0 Å². The molecular weight excluding hydrogens is 277 g/mol. The van der Waals surface area contributed by atoms with Gasteiger partial charge in [0, 0.05) is 24.7 Å². The number of aryl methyl sites for hydroxylation is 1. The molecule has 0 saturated carbocycles. The molecule has 0 radical (unpaired) electrons. The number of aromatic nitrogens is 1. The Morgan fingerprint density at radius 2 is 2.05 bits per heavy atom. The van der Waals surface area contributed by atoms with Crippen LogP contribution in [0.25, 0.3) is 0 Å². The summed E-state index contributed by atoms with van der Waals surface area (Å²) in [5, 5.41) is 0.0423. The van der Waals surface area contributed by atoms with E-state index in [2.05, 4.69) is 4.98 Å². The van der Waals surface area contributed by atoms with Gasteiger partial charge >= 0.3 is 0 Å². The summed E-state index contributed by atoms with van der Waals surface area (Å²) >= 11 is 5.69. The Labute approximate surface area is 122 Å². The van der Waals surface area contributed by atoms with Crippen LogP contribution >= 0.6 is 11.6 Å². The van der Waals surface area contributed by atoms with Gasteiger partial charge in [-0.1, -0.05) is 36.7 Å². The molecule has 0 bridgehead atoms. The summed E-state index contributed by atoms with van der Waals surface area (Å²) in [4.78, 5) is 16.2. The lowest BCUT2D eigenvalue weighted by molar-refractivity contribution is -0.117. The Morgan fingerprint density at radius 1 is 1.25 bits per heavy atom. The minimum Gasteiger partial charge on any atom is -0.299 e. The second kappa shape index (κ2) is 6.62. The van der Waals surface area contributed by atoms with Gasteiger partial charge < -0.3 is 0 Å². The summed E-state index contributed by atoms with van der Waals surface area (Å²) in [5.41, 5.74) is 2.16. The van der Waals surface area contributed by atoms with Gasteiger partial charge in [-0.05, 0) is 29.7 Å². The van der Waals surface area contributed by atoms with Crippen molar-refractivity contribution in [1.82, 2.24) is 4.98 Å². The van der Waals surface area contributed by atoms with Crippen molar-refractivity contribution in [2.75, 3.05) is 0 Å². The van der Waals surface area contributed by atoms with Crippen molar-refractivity contribution in [3.8, 4) is 0 Å². The Kier molecular flexibility index (Phi) is 4.85. The zero-order valence-corrected chi connectivity index (χ0v) is 12.0. The first-order valence-electron chi connectivity index (χ1n) is 6.48. The molecule has 104 valence electrons. The van der Waals surface area contributed by atoms with E-state index in [0.29, 0.717) is 11.3 Å². The minimum atomic E-state index is -0.517. The summed E-state index contributed by atoms with van der Waals surface area (Å²) < 4.78 is 13.7. The average molecular weight is 292 g/mol. The van der Waals surface area contributed by atoms with Crippen LogP contribution in [0.5, 0.6) is 0 Å². The van der Waals surface area contributed by atoms with Gasteiger partial charge in [0.05, 0.1) is 5.02 Å². The molecule has 0 aliphatic heterocycles. The van der Waals surface area contributed by atoms with E-state index in [1.807, 2.05) is 19.1 Å². The fraction of sp³-hybridized carbons (Fsp3) is 0.250. The van der Waals surface area contributed by atoms with Crippen LogP contribution in [-0.2, 0) is 24.1 Å². The van der Waals surface area contributed by atoms with Crippen molar-refractivity contribution in [3.63, 3.8) is 0 Å². The van der Waals surface area contributed by atoms with E-state index >= 15 is 0 Å². The highest BCUT2D eigenvalue weighted by molar-refractivity contribution is 6.30. The quantitative estimate of drug-likeness (QED) is 0.839. The highest BCUT2D eigenvalue weighted by atomic mass is 35.5. The molecule has 1 heterocycles. The topological polar surface area (TPSA) is 30.0 Å². The number of benzene rings is 1. The van der Waals surface area contributed by atoms with Crippen molar-refractivity contribution in [2.24, 2.45) is 0 Å². The van der Waals surface area contributed by atoms with Gasteiger partial charge in [-0.25, -0.2) is 4.39 Å². The maximum Gasteiger partial charge on any atom is 0.145 e. The Balaban J connectivity index is 2.03. The molecule has 2 aromatic rings. The van der Waals surface area contributed by atoms with Crippen molar-refractivity contribution in [2.45, 2.75) is 26.2 Å². The smallest absolute Gasteiger partial charge is 0.145 e. The minimum absolute atomic E-state index is 0.0314. The molecule has 0 saturated heterocycles. The van der Waals surface area contributed by atoms with Gasteiger partial charge in [0.2, 0.25) is 0 Å². The van der Waals surface area contributed by atoms with E-state index in [1.54, 1.807) is 18.3 Å². The van der Waals surface area contributed by atoms with Crippen LogP contribution in [0.2, 0.25) is 5.02 Å². The van der Waals surface area contributed by atoms with Crippen LogP contribution in [0, 0.1) is 5.82 Å². The predicted octanol–water partition coefficient (Wildman–Crippen LogP) is 3.79. The molecule has 4 heteroatoms. The maximum absolute atomic E-state index is 13.7. The number of hydrogen-bond acceptors (Lipinski definition) is 2. The molecule has 0 atom stereocenters. The van der Waals surface area contributed by atoms with E-state index in [9.17, 15) is 9.18 Å². The summed E-state index contributed by atoms with van der Waals surface area (Å²) in [6, 6.07) is 8.48. The van der Waals surface area contributed by atoms with Crippen molar-refractivity contribution in [3.05, 3.63) is 64.2 Å². The third-order valence-electron chi connectivity index (χ3n) is 3.09. The molecule has 0 spiro atoms. The van der Waals surface area contributed by atoms with Crippen LogP contribution in [0.1, 0.15) is 23.7 Å². The number of hydrogen-bond donors (Lipinski definition) is 0. The number of Topliss-reactive ketones (excluding diaryl/α,β-unsaturated/α-hetero) is 1. The first kappa shape index (κ1) is 14.7. The normalized spacial score (nSPS) is 10.6. The SMILES string of the molecule is CCc1ccc(CC(=O)Cc2cccc(Cl)c2F)nc1. The van der Waals surface area contributed by atoms with Gasteiger partial charge in [0.1, 0.15) is 11.6 Å². The van der Waals surface area contributed by atoms with E-state index in [0.717, 1.165) is 12.0 Å². The van der Waals surface area contributed by atoms with Gasteiger partial charge in [-0.3, -0.25) is 9.78 Å². The van der Waals surface area contributed by atoms with E-state index < -0.39 is 5.82 Å². The molecule has 2 rings (SSSR count). The molecule has 1 aromatic carbocycles. The first-order valence-corrected chi connectivity index (χ1v) is 6.86. The molecule has 0 amide bonds. The molecular formula is C16H15ClFNO. The highest BCUT2D eigenvalue weighted by Gasteiger charge is 2.11. The Bertz CT molecular complexity index is 610. The lowest BCUT2D eigenvalue weighted by atomic mass is 10.0. The zero-order chi connectivity index (χ0) is 14.5. The van der Waals surface area contributed by atoms with Crippen molar-refractivity contribution >= 4 is 17.4 Å². The predicted molar refractivity (Wildman–Crippen MR) is 77.4 cm³/mol. The number of nitrogens with zero attached hydrogens (tertiary/aromatic N) is 1. The van der Waals surface area contributed by atoms with Crippen LogP contribution in [0.15, 0.2) is 36.5 Å². The first-order chi connectivity index (χ1) is 9.60. The lowest BCUT2D eigenvalue weighted by Gasteiger charge is -2.04. The molecule has 1 aromatic heterocycles. The molecule has 0 aliphatic rings. The molecule has 0 unspecified atom stereocenters. The van der Waals surface area contributed by atoms with Gasteiger partial charge in [0.15, 0.2) is 0 Å². The highest BCUT2D eigenvalue weighted by Crippen LogP contribution is 2.18. The summed E-state index contributed by atoms with van der Waals surface area (Å²) in [7, 11) is 0. The summed E-state index contributed by atoms with van der Waals surface area (Å²) in [6.07, 6.45) is 2.91. The number of carbonyl (C=O) groups is 1. The van der Waals surface area contributed by atoms with E-state index in [1.165, 1.54) is 6.07 Å². The number of ketones is 1. The zero-order valence-electron chi connectivity index (χ0n) is 11.2. The van der Waals surface area contributed by atoms with Crippen LogP contribution in [-0.4, -0.2) is 10.8 Å². The molecule has 2 nitrogen and oxygen atoms in total. The maximum atomic E-state index is 13.7. The molecule has 0 N–H and O–H groups in total. The number of rotatable bonds is 5. The number of halogens is 2. The average Bonchev–Trinajstić information content (AvgIpc) is 2.45. The van der Waals surface area contributed by atoms with Gasteiger partial charge in [-0.2, -0.15) is 0 Å². The van der Waals surface area contributed by atoms with Crippen molar-refractivity contribution in [1.29, 1.82) is 0 Å². The molecule has 0 aliphatic carbocycles. The van der Waals surface area contributed by atoms with Gasteiger partial charge in [-0.15, -0.1) is 0 Å². The molecule has 0 fully saturated rings. The summed E-state index contributed by atoms with van der Waals surface area (Å²) in [5.74, 6) is -0.597. The van der Waals surface area contributed by atoms with Gasteiger partial charge in [0.25, 0.3) is 0 Å². The fourth-order valence-electron chi connectivity index (χ4n) is 1.93. The Hall–Kier alpha value is -1.74. The third kappa shape index (κ3) is 3.64. The Morgan fingerprint density at radius 3 is 2.70 bits per heavy atom. The van der Waals surface area contributed by atoms with Crippen LogP contribution < -0.4 is 0 Å². The summed E-state index contributed by atoms with van der Waals surface area (Å²) in [6.45, 7) is 2.05. The number of pyridine rings is 1. The largest absolute Gasteiger partial charge is 0.299 e. The second-order valence-electron chi connectivity index (χ2n) is 4.62. The second-order valence-corrected chi connectivity index (χ2v) is 5.02. The standard InChI is InChI=1S/C16H15ClFNO/c1-2-11-6-7-13(19-10-11)9-14(20)8-12-4-3-5-15(17)16(12)18/h3-7,10H,2,8-9H2,1H3. The lowest BCUT2D eigenvalue weighted by Crippen LogP contribution is -2.09. The number of carbonyl (C=O) groups excluding carboxylic acids is 1. The van der Waals surface area contributed by atoms with Crippen LogP contribution in [0.4, 0.5) is 4.39 Å². The van der Waals surface area contributed by atoms with Crippen molar-refractivity contribution < 1.29 is 9.18 Å². The fourth-order valence-corrected chi connectivity index (χ4v) is 2.12. The van der Waals surface area contributed by atoms with E-state index in [4.69, 9.17) is 11.6 Å². The van der Waals surface area contributed by atoms with E-state index in [-0.39, 0.29) is 23.6 Å².